The van der Waals surface area contributed by atoms with Gasteiger partial charge in [0.15, 0.2) is 11.5 Å². The van der Waals surface area contributed by atoms with E-state index in [0.717, 1.165) is 36.4 Å². The highest BCUT2D eigenvalue weighted by Gasteiger charge is 2.56. The third kappa shape index (κ3) is 5.75. The fourth-order valence-corrected chi connectivity index (χ4v) is 3.83. The van der Waals surface area contributed by atoms with Crippen molar-refractivity contribution >= 4 is 17.5 Å². The first-order valence-electron chi connectivity index (χ1n) is 11.1. The number of hydrogen-bond donors (Lipinski definition) is 3. The number of carbonyl (C=O) groups is 1. The molecule has 4 rings (SSSR count). The van der Waals surface area contributed by atoms with Crippen LogP contribution in [0.1, 0.15) is 35.5 Å². The smallest absolute Gasteiger partial charge is 0.395 e. The minimum absolute atomic E-state index is 0.103. The van der Waals surface area contributed by atoms with Crippen LogP contribution in [0, 0.1) is 5.82 Å². The van der Waals surface area contributed by atoms with Crippen molar-refractivity contribution in [1.29, 1.82) is 0 Å². The number of nitrogens with zero attached hydrogens (tertiary/aromatic N) is 1. The Morgan fingerprint density at radius 2 is 1.74 bits per heavy atom. The molecule has 0 bridgehead atoms. The summed E-state index contributed by atoms with van der Waals surface area (Å²) in [5.74, 6) is -2.78. The lowest BCUT2D eigenvalue weighted by molar-refractivity contribution is -0.286. The van der Waals surface area contributed by atoms with Gasteiger partial charge in [-0.15, -0.1) is 8.78 Å². The van der Waals surface area contributed by atoms with E-state index in [4.69, 9.17) is 17.3 Å². The van der Waals surface area contributed by atoms with Crippen molar-refractivity contribution in [2.45, 2.75) is 37.5 Å². The van der Waals surface area contributed by atoms with Gasteiger partial charge in [-0.2, -0.15) is 13.2 Å². The number of ether oxygens (including phenoxy) is 2. The Bertz CT molecular complexity index is 1440. The summed E-state index contributed by atoms with van der Waals surface area (Å²) in [6.07, 6.45) is -9.33. The number of alkyl halides is 5. The molecular weight excluding hydrogens is 556 g/mol. The highest BCUT2D eigenvalue weighted by Crippen LogP contribution is 2.42. The lowest BCUT2D eigenvalue weighted by Gasteiger charge is -2.32. The molecule has 1 atom stereocenters. The number of nitrogens with one attached hydrogen (secondary N) is 1. The van der Waals surface area contributed by atoms with Gasteiger partial charge in [0, 0.05) is 16.7 Å². The summed E-state index contributed by atoms with van der Waals surface area (Å²) >= 11 is 5.83. The van der Waals surface area contributed by atoms with Gasteiger partial charge in [-0.05, 0) is 67.9 Å². The minimum Gasteiger partial charge on any atom is -0.395 e. The largest absolute Gasteiger partial charge is 0.586 e. The highest BCUT2D eigenvalue weighted by atomic mass is 35.5. The second-order valence-electron chi connectivity index (χ2n) is 9.35. The molecule has 1 aliphatic heterocycles. The van der Waals surface area contributed by atoms with Crippen molar-refractivity contribution in [3.63, 3.8) is 0 Å². The second-order valence-corrected chi connectivity index (χ2v) is 9.75. The van der Waals surface area contributed by atoms with Gasteiger partial charge in [-0.3, -0.25) is 4.79 Å². The van der Waals surface area contributed by atoms with Gasteiger partial charge in [0.05, 0.1) is 23.0 Å². The van der Waals surface area contributed by atoms with E-state index in [9.17, 15) is 36.2 Å². The third-order valence-corrected chi connectivity index (χ3v) is 6.14. The van der Waals surface area contributed by atoms with Gasteiger partial charge in [0.25, 0.3) is 5.91 Å². The maximum Gasteiger partial charge on any atom is 0.586 e. The Balaban J connectivity index is 1.71. The molecule has 0 spiro atoms. The van der Waals surface area contributed by atoms with Gasteiger partial charge in [0.2, 0.25) is 5.60 Å². The summed E-state index contributed by atoms with van der Waals surface area (Å²) in [4.78, 5) is 16.6. The monoisotopic (exact) mass is 575 g/mol. The standard InChI is InChI=1S/C25H20ClF6N3O4/c1-22(2,33)14-9-17(12-3-5-16(27)15(26)7-12)35-20(10-14)23(37,24(28,29)30)11-34-21(36)13-4-6-18-19(8-13)39-25(31,32)38-18/h3-10,37H,11,33H2,1-2H3,(H,34,36). The van der Waals surface area contributed by atoms with E-state index in [1.165, 1.54) is 26.0 Å². The Kier molecular flexibility index (Phi) is 6.99. The molecule has 39 heavy (non-hydrogen) atoms. The zero-order valence-electron chi connectivity index (χ0n) is 20.2. The number of amides is 1. The zero-order chi connectivity index (χ0) is 29.0. The van der Waals surface area contributed by atoms with E-state index < -0.39 is 53.3 Å². The summed E-state index contributed by atoms with van der Waals surface area (Å²) in [5, 5.41) is 12.6. The van der Waals surface area contributed by atoms with Crippen LogP contribution in [-0.4, -0.2) is 35.0 Å². The molecular formula is C25H20ClF6N3O4. The summed E-state index contributed by atoms with van der Waals surface area (Å²) in [7, 11) is 0. The van der Waals surface area contributed by atoms with E-state index in [1.807, 2.05) is 5.32 Å². The first-order chi connectivity index (χ1) is 17.9. The first-order valence-corrected chi connectivity index (χ1v) is 11.5. The number of halogens is 7. The topological polar surface area (TPSA) is 107 Å². The Morgan fingerprint density at radius 3 is 2.36 bits per heavy atom. The number of pyridine rings is 1. The molecule has 0 fully saturated rings. The predicted octanol–water partition coefficient (Wildman–Crippen LogP) is 5.24. The van der Waals surface area contributed by atoms with Crippen LogP contribution in [0.5, 0.6) is 11.5 Å². The van der Waals surface area contributed by atoms with Crippen LogP contribution in [0.4, 0.5) is 26.3 Å². The molecule has 2 aromatic carbocycles. The van der Waals surface area contributed by atoms with Crippen molar-refractivity contribution in [1.82, 2.24) is 10.3 Å². The number of aliphatic hydroxyl groups is 1. The van der Waals surface area contributed by atoms with E-state index >= 15 is 0 Å². The highest BCUT2D eigenvalue weighted by molar-refractivity contribution is 6.31. The van der Waals surface area contributed by atoms with Crippen molar-refractivity contribution in [2.75, 3.05) is 6.54 Å². The second kappa shape index (κ2) is 9.57. The molecule has 2 heterocycles. The molecule has 4 N–H and O–H groups in total. The number of fused-ring (bicyclic) bond motifs is 1. The maximum absolute atomic E-state index is 14.3. The number of hydrogen-bond acceptors (Lipinski definition) is 6. The van der Waals surface area contributed by atoms with Gasteiger partial charge in [-0.1, -0.05) is 11.6 Å². The number of carbonyl (C=O) groups excluding carboxylic acids is 1. The Hall–Kier alpha value is -3.55. The SMILES string of the molecule is CC(C)(N)c1cc(-c2ccc(F)c(Cl)c2)nc(C(O)(CNC(=O)c2ccc3c(c2)OC(F)(F)O3)C(F)(F)F)c1. The molecule has 0 saturated carbocycles. The average molecular weight is 576 g/mol. The third-order valence-electron chi connectivity index (χ3n) is 5.85. The van der Waals surface area contributed by atoms with Crippen molar-refractivity contribution in [3.8, 4) is 22.8 Å². The van der Waals surface area contributed by atoms with Crippen LogP contribution in [-0.2, 0) is 11.1 Å². The molecule has 1 unspecified atom stereocenters. The molecule has 14 heteroatoms. The fraction of sp³-hybridized carbons (Fsp3) is 0.280. The van der Waals surface area contributed by atoms with Crippen molar-refractivity contribution < 1.29 is 45.7 Å². The van der Waals surface area contributed by atoms with Crippen molar-refractivity contribution in [2.24, 2.45) is 5.73 Å². The van der Waals surface area contributed by atoms with E-state index in [-0.39, 0.29) is 33.2 Å². The first kappa shape index (κ1) is 28.5. The number of benzene rings is 2. The number of nitrogens with two attached hydrogens (primary N) is 1. The number of aromatic nitrogens is 1. The van der Waals surface area contributed by atoms with Crippen LogP contribution in [0.25, 0.3) is 11.3 Å². The van der Waals surface area contributed by atoms with Crippen molar-refractivity contribution in [3.05, 3.63) is 76.2 Å². The molecule has 0 radical (unpaired) electrons. The van der Waals surface area contributed by atoms with Gasteiger partial charge in [0.1, 0.15) is 5.82 Å². The van der Waals surface area contributed by atoms with Gasteiger partial charge in [-0.25, -0.2) is 9.37 Å². The quantitative estimate of drug-likeness (QED) is 0.347. The van der Waals surface area contributed by atoms with Crippen LogP contribution >= 0.6 is 11.6 Å². The van der Waals surface area contributed by atoms with Crippen LogP contribution < -0.4 is 20.5 Å². The molecule has 0 saturated heterocycles. The van der Waals surface area contributed by atoms with E-state index in [2.05, 4.69) is 14.5 Å². The van der Waals surface area contributed by atoms with Crippen LogP contribution in [0.3, 0.4) is 0 Å². The summed E-state index contributed by atoms with van der Waals surface area (Å²) in [5.41, 5.74) is 0.0975. The van der Waals surface area contributed by atoms with E-state index in [0.29, 0.717) is 0 Å². The summed E-state index contributed by atoms with van der Waals surface area (Å²) in [6, 6.07) is 8.54. The minimum atomic E-state index is -5.36. The van der Waals surface area contributed by atoms with Crippen LogP contribution in [0.15, 0.2) is 48.5 Å². The Labute approximate surface area is 222 Å². The predicted molar refractivity (Wildman–Crippen MR) is 127 cm³/mol. The summed E-state index contributed by atoms with van der Waals surface area (Å²) < 4.78 is 91.7. The number of rotatable bonds is 6. The normalized spacial score (nSPS) is 16.1. The van der Waals surface area contributed by atoms with E-state index in [1.54, 1.807) is 0 Å². The molecule has 1 amide bonds. The molecule has 7 nitrogen and oxygen atoms in total. The maximum atomic E-state index is 14.3. The lowest BCUT2D eigenvalue weighted by atomic mass is 9.89. The lowest BCUT2D eigenvalue weighted by Crippen LogP contribution is -2.51. The Morgan fingerprint density at radius 1 is 1.08 bits per heavy atom. The molecule has 3 aromatic rings. The molecule has 208 valence electrons. The van der Waals surface area contributed by atoms with Gasteiger partial charge < -0.3 is 25.6 Å². The van der Waals surface area contributed by atoms with Crippen LogP contribution in [0.2, 0.25) is 5.02 Å². The van der Waals surface area contributed by atoms with Gasteiger partial charge >= 0.3 is 12.5 Å². The average Bonchev–Trinajstić information content (AvgIpc) is 3.15. The molecule has 0 aliphatic carbocycles. The fourth-order valence-electron chi connectivity index (χ4n) is 3.65. The molecule has 1 aliphatic rings. The summed E-state index contributed by atoms with van der Waals surface area (Å²) in [6.45, 7) is 1.60. The molecule has 1 aromatic heterocycles. The zero-order valence-corrected chi connectivity index (χ0v) is 20.9.